The topological polar surface area (TPSA) is 46.0 Å². The van der Waals surface area contributed by atoms with Gasteiger partial charge >= 0.3 is 0 Å². The number of ether oxygens (including phenoxy) is 1. The van der Waals surface area contributed by atoms with Crippen LogP contribution in [-0.4, -0.2) is 44.6 Å². The van der Waals surface area contributed by atoms with Crippen molar-refractivity contribution in [1.29, 1.82) is 0 Å². The zero-order valence-electron chi connectivity index (χ0n) is 14.2. The molecule has 130 valence electrons. The van der Waals surface area contributed by atoms with Crippen LogP contribution in [-0.2, 0) is 4.79 Å². The largest absolute Gasteiger partial charge is 0.495 e. The number of para-hydroxylation sites is 3. The Kier molecular flexibility index (Phi) is 4.55. The van der Waals surface area contributed by atoms with Gasteiger partial charge in [-0.1, -0.05) is 36.0 Å². The van der Waals surface area contributed by atoms with E-state index in [9.17, 15) is 4.79 Å². The highest BCUT2D eigenvalue weighted by Gasteiger charge is 2.37. The van der Waals surface area contributed by atoms with Crippen LogP contribution < -0.4 is 19.9 Å². The number of methoxy groups -OCH3 is 1. The predicted octanol–water partition coefficient (Wildman–Crippen LogP) is 1.47. The van der Waals surface area contributed by atoms with E-state index in [-0.39, 0.29) is 11.3 Å². The zero-order valence-corrected chi connectivity index (χ0v) is 15.0. The second-order valence-electron chi connectivity index (χ2n) is 6.30. The van der Waals surface area contributed by atoms with E-state index >= 15 is 0 Å². The number of amides is 1. The SMILES string of the molecule is COc1ccccc1N1CC[NH+]([C@H]2Sc3ccccc3NC2=O)CC1. The zero-order chi connectivity index (χ0) is 17.2. The summed E-state index contributed by atoms with van der Waals surface area (Å²) in [6, 6.07) is 16.2. The highest BCUT2D eigenvalue weighted by molar-refractivity contribution is 8.00. The number of carbonyl (C=O) groups is 1. The maximum absolute atomic E-state index is 12.5. The Hall–Kier alpha value is -2.18. The van der Waals surface area contributed by atoms with Crippen molar-refractivity contribution in [2.45, 2.75) is 10.3 Å². The van der Waals surface area contributed by atoms with Crippen molar-refractivity contribution in [1.82, 2.24) is 0 Å². The number of piperazine rings is 1. The Morgan fingerprint density at radius 2 is 1.84 bits per heavy atom. The minimum absolute atomic E-state index is 0.0743. The van der Waals surface area contributed by atoms with E-state index in [1.807, 2.05) is 36.4 Å². The summed E-state index contributed by atoms with van der Waals surface area (Å²) in [7, 11) is 1.71. The van der Waals surface area contributed by atoms with Crippen LogP contribution in [0.15, 0.2) is 53.4 Å². The maximum atomic E-state index is 12.5. The number of nitrogens with zero attached hydrogens (tertiary/aromatic N) is 1. The van der Waals surface area contributed by atoms with Crippen LogP contribution in [0.2, 0.25) is 0 Å². The van der Waals surface area contributed by atoms with Crippen LogP contribution in [0.4, 0.5) is 11.4 Å². The molecule has 0 aromatic heterocycles. The van der Waals surface area contributed by atoms with Gasteiger partial charge in [-0.25, -0.2) is 0 Å². The van der Waals surface area contributed by atoms with Crippen molar-refractivity contribution in [3.63, 3.8) is 0 Å². The fraction of sp³-hybridized carbons (Fsp3) is 0.316. The lowest BCUT2D eigenvalue weighted by Crippen LogP contribution is -3.19. The Morgan fingerprint density at radius 1 is 1.12 bits per heavy atom. The van der Waals surface area contributed by atoms with Crippen molar-refractivity contribution in [3.05, 3.63) is 48.5 Å². The number of hydrogen-bond acceptors (Lipinski definition) is 4. The van der Waals surface area contributed by atoms with Crippen LogP contribution in [0, 0.1) is 0 Å². The normalized spacial score (nSPS) is 20.8. The van der Waals surface area contributed by atoms with Crippen molar-refractivity contribution in [2.75, 3.05) is 43.5 Å². The smallest absolute Gasteiger partial charge is 0.294 e. The van der Waals surface area contributed by atoms with E-state index < -0.39 is 0 Å². The summed E-state index contributed by atoms with van der Waals surface area (Å²) in [5, 5.41) is 2.98. The summed E-state index contributed by atoms with van der Waals surface area (Å²) < 4.78 is 5.48. The highest BCUT2D eigenvalue weighted by atomic mass is 32.2. The van der Waals surface area contributed by atoms with E-state index in [1.165, 1.54) is 4.90 Å². The third-order valence-corrected chi connectivity index (χ3v) is 6.22. The lowest BCUT2D eigenvalue weighted by Gasteiger charge is -2.38. The first-order valence-electron chi connectivity index (χ1n) is 8.55. The standard InChI is InChI=1S/C19H21N3O2S/c1-24-16-8-4-3-7-15(16)21-10-12-22(13-11-21)19-18(23)20-14-6-2-5-9-17(14)25-19/h2-9,19H,10-13H2,1H3,(H,20,23)/p+1/t19-/m0/s1. The quantitative estimate of drug-likeness (QED) is 0.874. The van der Waals surface area contributed by atoms with Crippen LogP contribution in [0.3, 0.4) is 0 Å². The fourth-order valence-electron chi connectivity index (χ4n) is 3.51. The van der Waals surface area contributed by atoms with E-state index in [2.05, 4.69) is 22.3 Å². The van der Waals surface area contributed by atoms with Gasteiger partial charge in [-0.3, -0.25) is 4.79 Å². The average Bonchev–Trinajstić information content (AvgIpc) is 2.67. The fourth-order valence-corrected chi connectivity index (χ4v) is 4.73. The molecule has 2 aliphatic heterocycles. The molecule has 2 heterocycles. The number of anilines is 2. The molecule has 1 atom stereocenters. The molecule has 0 aliphatic carbocycles. The Balaban J connectivity index is 1.45. The summed E-state index contributed by atoms with van der Waals surface area (Å²) in [6.07, 6.45) is 0. The molecule has 2 aromatic rings. The number of benzene rings is 2. The van der Waals surface area contributed by atoms with Crippen LogP contribution in [0.25, 0.3) is 0 Å². The molecular weight excluding hydrogens is 334 g/mol. The van der Waals surface area contributed by atoms with Gasteiger partial charge in [0.05, 0.1) is 44.7 Å². The third-order valence-electron chi connectivity index (χ3n) is 4.83. The average molecular weight is 356 g/mol. The van der Waals surface area contributed by atoms with Gasteiger partial charge in [0.2, 0.25) is 5.37 Å². The van der Waals surface area contributed by atoms with Crippen molar-refractivity contribution < 1.29 is 14.4 Å². The first-order valence-corrected chi connectivity index (χ1v) is 9.43. The third kappa shape index (κ3) is 3.19. The molecule has 2 aliphatic rings. The molecule has 1 amide bonds. The lowest BCUT2D eigenvalue weighted by atomic mass is 10.2. The molecule has 2 aromatic carbocycles. The number of fused-ring (bicyclic) bond motifs is 1. The first-order chi connectivity index (χ1) is 12.3. The summed E-state index contributed by atoms with van der Waals surface area (Å²) in [6.45, 7) is 3.71. The van der Waals surface area contributed by atoms with Gasteiger partial charge in [0, 0.05) is 4.90 Å². The molecule has 0 radical (unpaired) electrons. The van der Waals surface area contributed by atoms with Gasteiger partial charge in [0.1, 0.15) is 5.75 Å². The molecule has 0 spiro atoms. The Morgan fingerprint density at radius 3 is 2.64 bits per heavy atom. The van der Waals surface area contributed by atoms with Gasteiger partial charge < -0.3 is 19.9 Å². The van der Waals surface area contributed by atoms with Crippen LogP contribution >= 0.6 is 11.8 Å². The molecule has 5 nitrogen and oxygen atoms in total. The van der Waals surface area contributed by atoms with Gasteiger partial charge in [-0.2, -0.15) is 0 Å². The summed E-state index contributed by atoms with van der Waals surface area (Å²) >= 11 is 1.68. The predicted molar refractivity (Wildman–Crippen MR) is 101 cm³/mol. The molecule has 25 heavy (non-hydrogen) atoms. The molecule has 0 bridgehead atoms. The molecule has 1 fully saturated rings. The van der Waals surface area contributed by atoms with Gasteiger partial charge in [0.15, 0.2) is 0 Å². The van der Waals surface area contributed by atoms with Gasteiger partial charge in [0.25, 0.3) is 5.91 Å². The monoisotopic (exact) mass is 356 g/mol. The molecule has 1 saturated heterocycles. The molecule has 0 unspecified atom stereocenters. The molecule has 2 N–H and O–H groups in total. The van der Waals surface area contributed by atoms with E-state index in [4.69, 9.17) is 4.74 Å². The van der Waals surface area contributed by atoms with E-state index in [0.717, 1.165) is 48.2 Å². The first kappa shape index (κ1) is 16.3. The summed E-state index contributed by atoms with van der Waals surface area (Å²) in [5.74, 6) is 1.02. The van der Waals surface area contributed by atoms with E-state index in [0.29, 0.717) is 0 Å². The van der Waals surface area contributed by atoms with Crippen LogP contribution in [0.5, 0.6) is 5.75 Å². The molecular formula is C19H22N3O2S+. The number of thioether (sulfide) groups is 1. The molecule has 0 saturated carbocycles. The van der Waals surface area contributed by atoms with Crippen molar-refractivity contribution in [2.24, 2.45) is 0 Å². The second-order valence-corrected chi connectivity index (χ2v) is 7.45. The minimum atomic E-state index is -0.0743. The van der Waals surface area contributed by atoms with Crippen molar-refractivity contribution >= 4 is 29.0 Å². The van der Waals surface area contributed by atoms with E-state index in [1.54, 1.807) is 18.9 Å². The Bertz CT molecular complexity index is 775. The second kappa shape index (κ2) is 6.98. The van der Waals surface area contributed by atoms with Crippen molar-refractivity contribution in [3.8, 4) is 5.75 Å². The lowest BCUT2D eigenvalue weighted by molar-refractivity contribution is -0.902. The summed E-state index contributed by atoms with van der Waals surface area (Å²) in [5.41, 5.74) is 2.07. The van der Waals surface area contributed by atoms with Gasteiger partial charge in [-0.05, 0) is 24.3 Å². The Labute approximate surface area is 151 Å². The number of quaternary nitrogens is 1. The van der Waals surface area contributed by atoms with Gasteiger partial charge in [-0.15, -0.1) is 0 Å². The maximum Gasteiger partial charge on any atom is 0.294 e. The molecule has 4 rings (SSSR count). The minimum Gasteiger partial charge on any atom is -0.495 e. The number of hydrogen-bond donors (Lipinski definition) is 2. The number of rotatable bonds is 3. The van der Waals surface area contributed by atoms with Crippen LogP contribution in [0.1, 0.15) is 0 Å². The number of carbonyl (C=O) groups excluding carboxylic acids is 1. The molecule has 6 heteroatoms. The number of nitrogens with one attached hydrogen (secondary N) is 2. The highest BCUT2D eigenvalue weighted by Crippen LogP contribution is 2.33. The summed E-state index contributed by atoms with van der Waals surface area (Å²) in [4.78, 5) is 17.4.